The highest BCUT2D eigenvalue weighted by atomic mass is 35.5. The van der Waals surface area contributed by atoms with Gasteiger partial charge in [-0.15, -0.1) is 6.58 Å². The number of para-hydroxylation sites is 1. The van der Waals surface area contributed by atoms with Crippen molar-refractivity contribution in [3.8, 4) is 5.75 Å². The molecule has 2 N–H and O–H groups in total. The lowest BCUT2D eigenvalue weighted by molar-refractivity contribution is 0.102. The van der Waals surface area contributed by atoms with Crippen molar-refractivity contribution in [1.82, 2.24) is 4.57 Å². The van der Waals surface area contributed by atoms with Gasteiger partial charge in [-0.05, 0) is 24.3 Å². The normalized spacial score (nSPS) is 10.7. The molecule has 1 heterocycles. The molecule has 0 bridgehead atoms. The van der Waals surface area contributed by atoms with Gasteiger partial charge in [0.1, 0.15) is 11.3 Å². The number of hydrogen-bond acceptors (Lipinski definition) is 3. The van der Waals surface area contributed by atoms with Crippen LogP contribution >= 0.6 is 23.2 Å². The van der Waals surface area contributed by atoms with Crippen LogP contribution in [0.5, 0.6) is 5.75 Å². The second kappa shape index (κ2) is 7.23. The van der Waals surface area contributed by atoms with Crippen LogP contribution < -0.4 is 10.9 Å². The first-order valence-electron chi connectivity index (χ1n) is 7.66. The van der Waals surface area contributed by atoms with Gasteiger partial charge in [0.25, 0.3) is 11.5 Å². The zero-order chi connectivity index (χ0) is 18.8. The van der Waals surface area contributed by atoms with E-state index in [-0.39, 0.29) is 33.6 Å². The third-order valence-corrected chi connectivity index (χ3v) is 4.70. The van der Waals surface area contributed by atoms with E-state index in [1.807, 2.05) is 0 Å². The largest absolute Gasteiger partial charge is 0.506 e. The fourth-order valence-electron chi connectivity index (χ4n) is 2.69. The molecule has 0 saturated heterocycles. The van der Waals surface area contributed by atoms with E-state index in [9.17, 15) is 14.7 Å². The molecule has 3 aromatic rings. The zero-order valence-corrected chi connectivity index (χ0v) is 15.0. The van der Waals surface area contributed by atoms with Crippen molar-refractivity contribution in [2.75, 3.05) is 5.32 Å². The molecule has 5 nitrogen and oxygen atoms in total. The smallest absolute Gasteiger partial charge is 0.268 e. The second-order valence-electron chi connectivity index (χ2n) is 5.50. The summed E-state index contributed by atoms with van der Waals surface area (Å²) in [6.45, 7) is 3.83. The Kier molecular flexibility index (Phi) is 5.02. The summed E-state index contributed by atoms with van der Waals surface area (Å²) < 4.78 is 1.37. The second-order valence-corrected chi connectivity index (χ2v) is 6.29. The molecule has 0 aliphatic rings. The van der Waals surface area contributed by atoms with Crippen LogP contribution in [0.4, 0.5) is 5.69 Å². The van der Waals surface area contributed by atoms with Gasteiger partial charge in [0, 0.05) is 11.9 Å². The number of aromatic nitrogens is 1. The number of carbonyl (C=O) groups excluding carboxylic acids is 1. The quantitative estimate of drug-likeness (QED) is 0.648. The Labute approximate surface area is 159 Å². The molecule has 1 aromatic heterocycles. The summed E-state index contributed by atoms with van der Waals surface area (Å²) in [6.07, 6.45) is 1.54. The summed E-state index contributed by atoms with van der Waals surface area (Å²) in [5.74, 6) is -1.17. The molecule has 0 radical (unpaired) electrons. The molecule has 7 heteroatoms. The number of benzene rings is 2. The predicted molar refractivity (Wildman–Crippen MR) is 104 cm³/mol. The molecule has 0 aliphatic carbocycles. The summed E-state index contributed by atoms with van der Waals surface area (Å²) in [6, 6.07) is 11.5. The Morgan fingerprint density at radius 1 is 1.19 bits per heavy atom. The maximum atomic E-state index is 12.8. The highest BCUT2D eigenvalue weighted by Crippen LogP contribution is 2.31. The first-order chi connectivity index (χ1) is 12.5. The van der Waals surface area contributed by atoms with E-state index in [1.54, 1.807) is 48.5 Å². The minimum Gasteiger partial charge on any atom is -0.506 e. The first kappa shape index (κ1) is 18.0. The number of allylic oxidation sites excluding steroid dienone is 1. The monoisotopic (exact) mass is 388 g/mol. The Bertz CT molecular complexity index is 1090. The molecule has 0 aliphatic heterocycles. The third kappa shape index (κ3) is 3.07. The van der Waals surface area contributed by atoms with Gasteiger partial charge < -0.3 is 15.0 Å². The van der Waals surface area contributed by atoms with Gasteiger partial charge in [0.2, 0.25) is 0 Å². The minimum atomic E-state index is -0.778. The van der Waals surface area contributed by atoms with Gasteiger partial charge in [-0.25, -0.2) is 0 Å². The van der Waals surface area contributed by atoms with Crippen LogP contribution in [0.1, 0.15) is 10.4 Å². The summed E-state index contributed by atoms with van der Waals surface area (Å²) in [5.41, 5.74) is -0.253. The molecule has 2 aromatic carbocycles. The fourth-order valence-corrected chi connectivity index (χ4v) is 3.04. The van der Waals surface area contributed by atoms with E-state index in [1.165, 1.54) is 4.57 Å². The number of anilines is 1. The molecule has 26 heavy (non-hydrogen) atoms. The highest BCUT2D eigenvalue weighted by Gasteiger charge is 2.22. The van der Waals surface area contributed by atoms with Crippen LogP contribution in [0.3, 0.4) is 0 Å². The molecule has 0 fully saturated rings. The van der Waals surface area contributed by atoms with Crippen molar-refractivity contribution >= 4 is 45.7 Å². The van der Waals surface area contributed by atoms with E-state index in [0.29, 0.717) is 10.9 Å². The van der Waals surface area contributed by atoms with Crippen molar-refractivity contribution in [1.29, 1.82) is 0 Å². The molecule has 132 valence electrons. The average Bonchev–Trinajstić information content (AvgIpc) is 2.62. The van der Waals surface area contributed by atoms with Crippen LogP contribution in [0.2, 0.25) is 10.0 Å². The molecule has 0 saturated carbocycles. The molecule has 1 amide bonds. The standard InChI is InChI=1S/C19H14Cl2N2O3/c1-2-10-23-14-9-4-3-6-11(14)17(24)15(19(23)26)18(25)22-13-8-5-7-12(20)16(13)21/h2-9,24H,1,10H2,(H,22,25). The number of rotatable bonds is 4. The maximum absolute atomic E-state index is 12.8. The van der Waals surface area contributed by atoms with Crippen molar-refractivity contribution in [2.24, 2.45) is 0 Å². The number of nitrogens with zero attached hydrogens (tertiary/aromatic N) is 1. The molecular formula is C19H14Cl2N2O3. The van der Waals surface area contributed by atoms with Crippen molar-refractivity contribution < 1.29 is 9.90 Å². The van der Waals surface area contributed by atoms with Crippen LogP contribution in [0, 0.1) is 0 Å². The predicted octanol–water partition coefficient (Wildman–Crippen LogP) is 4.45. The number of halogens is 2. The van der Waals surface area contributed by atoms with Crippen LogP contribution in [-0.4, -0.2) is 15.6 Å². The SMILES string of the molecule is C=CCn1c(=O)c(C(=O)Nc2cccc(Cl)c2Cl)c(O)c2ccccc21. The Morgan fingerprint density at radius 2 is 1.92 bits per heavy atom. The van der Waals surface area contributed by atoms with Gasteiger partial charge in [-0.2, -0.15) is 0 Å². The Balaban J connectivity index is 2.18. The van der Waals surface area contributed by atoms with E-state index in [4.69, 9.17) is 23.2 Å². The Hall–Kier alpha value is -2.76. The summed E-state index contributed by atoms with van der Waals surface area (Å²) >= 11 is 12.0. The van der Waals surface area contributed by atoms with Crippen LogP contribution in [0.25, 0.3) is 10.9 Å². The third-order valence-electron chi connectivity index (χ3n) is 3.88. The van der Waals surface area contributed by atoms with Gasteiger partial charge >= 0.3 is 0 Å². The van der Waals surface area contributed by atoms with E-state index >= 15 is 0 Å². The van der Waals surface area contributed by atoms with Crippen LogP contribution in [-0.2, 0) is 6.54 Å². The van der Waals surface area contributed by atoms with Gasteiger partial charge in [-0.1, -0.05) is 47.5 Å². The lowest BCUT2D eigenvalue weighted by atomic mass is 10.1. The number of fused-ring (bicyclic) bond motifs is 1. The summed E-state index contributed by atoms with van der Waals surface area (Å²) in [7, 11) is 0. The molecule has 3 rings (SSSR count). The van der Waals surface area contributed by atoms with E-state index in [0.717, 1.165) is 0 Å². The maximum Gasteiger partial charge on any atom is 0.268 e. The zero-order valence-electron chi connectivity index (χ0n) is 13.5. The molecule has 0 unspecified atom stereocenters. The average molecular weight is 389 g/mol. The lowest BCUT2D eigenvalue weighted by Crippen LogP contribution is -2.29. The van der Waals surface area contributed by atoms with Crippen molar-refractivity contribution in [3.63, 3.8) is 0 Å². The number of pyridine rings is 1. The van der Waals surface area contributed by atoms with E-state index in [2.05, 4.69) is 11.9 Å². The number of nitrogens with one attached hydrogen (secondary N) is 1. The molecule has 0 spiro atoms. The summed E-state index contributed by atoms with van der Waals surface area (Å²) in [4.78, 5) is 25.5. The number of carbonyl (C=O) groups is 1. The Morgan fingerprint density at radius 3 is 2.65 bits per heavy atom. The molecule has 0 atom stereocenters. The van der Waals surface area contributed by atoms with Gasteiger partial charge in [-0.3, -0.25) is 9.59 Å². The van der Waals surface area contributed by atoms with E-state index < -0.39 is 11.5 Å². The van der Waals surface area contributed by atoms with Gasteiger partial charge in [0.05, 0.1) is 21.2 Å². The topological polar surface area (TPSA) is 71.3 Å². The highest BCUT2D eigenvalue weighted by molar-refractivity contribution is 6.44. The number of aromatic hydroxyl groups is 1. The first-order valence-corrected chi connectivity index (χ1v) is 8.42. The van der Waals surface area contributed by atoms with Crippen molar-refractivity contribution in [3.05, 3.63) is 81.1 Å². The fraction of sp³-hybridized carbons (Fsp3) is 0.0526. The number of amides is 1. The van der Waals surface area contributed by atoms with Crippen LogP contribution in [0.15, 0.2) is 59.9 Å². The van der Waals surface area contributed by atoms with Crippen molar-refractivity contribution in [2.45, 2.75) is 6.54 Å². The summed E-state index contributed by atoms with van der Waals surface area (Å²) in [5, 5.41) is 13.9. The number of hydrogen-bond donors (Lipinski definition) is 2. The lowest BCUT2D eigenvalue weighted by Gasteiger charge is -2.14. The van der Waals surface area contributed by atoms with Gasteiger partial charge in [0.15, 0.2) is 0 Å². The molecular weight excluding hydrogens is 375 g/mol. The minimum absolute atomic E-state index is 0.147.